The smallest absolute Gasteiger partial charge is 0.228 e. The Bertz CT molecular complexity index is 1440. The highest BCUT2D eigenvalue weighted by Gasteiger charge is 2.43. The van der Waals surface area contributed by atoms with Gasteiger partial charge >= 0.3 is 0 Å². The molecule has 1 aromatic carbocycles. The Morgan fingerprint density at radius 2 is 1.88 bits per heavy atom. The summed E-state index contributed by atoms with van der Waals surface area (Å²) in [5.41, 5.74) is 4.79. The van der Waals surface area contributed by atoms with E-state index in [9.17, 15) is 4.79 Å². The molecule has 0 bridgehead atoms. The first-order valence-corrected chi connectivity index (χ1v) is 11.1. The van der Waals surface area contributed by atoms with Crippen molar-refractivity contribution in [3.8, 4) is 17.4 Å². The third-order valence-electron chi connectivity index (χ3n) is 6.37. The van der Waals surface area contributed by atoms with Crippen molar-refractivity contribution in [3.63, 3.8) is 0 Å². The molecule has 2 aliphatic rings. The van der Waals surface area contributed by atoms with E-state index in [1.165, 1.54) is 0 Å². The van der Waals surface area contributed by atoms with Crippen molar-refractivity contribution in [2.45, 2.75) is 39.5 Å². The molecule has 3 aromatic heterocycles. The van der Waals surface area contributed by atoms with Gasteiger partial charge in [0.2, 0.25) is 11.7 Å². The van der Waals surface area contributed by atoms with Gasteiger partial charge in [0.25, 0.3) is 0 Å². The van der Waals surface area contributed by atoms with Crippen LogP contribution in [0.15, 0.2) is 66.3 Å². The molecular formula is C26H23N5O2. The Hall–Kier alpha value is -3.87. The molecule has 0 amide bonds. The number of carbonyl (C=O) groups is 1. The molecule has 6 rings (SSSR count). The number of hydrogen-bond acceptors (Lipinski definition) is 6. The Morgan fingerprint density at radius 1 is 1.06 bits per heavy atom. The summed E-state index contributed by atoms with van der Waals surface area (Å²) < 4.78 is 7.94. The fourth-order valence-electron chi connectivity index (χ4n) is 4.84. The predicted molar refractivity (Wildman–Crippen MR) is 123 cm³/mol. The molecule has 1 atom stereocenters. The zero-order valence-corrected chi connectivity index (χ0v) is 18.7. The Balaban J connectivity index is 1.61. The zero-order chi connectivity index (χ0) is 22.7. The van der Waals surface area contributed by atoms with Gasteiger partial charge < -0.3 is 4.74 Å². The van der Waals surface area contributed by atoms with Gasteiger partial charge in [-0.2, -0.15) is 0 Å². The number of fused-ring (bicyclic) bond motifs is 3. The number of Topliss-reactive ketones (excluding diaryl/α,β-unsaturated/α-hetero) is 1. The molecule has 1 aliphatic heterocycles. The SMILES string of the molecule is Cc1ccc(C2C3=C(CC(C)(C)CC3=O)Oc3ncn4nc(-c5ccccn5)nc4c32)cc1. The Labute approximate surface area is 191 Å². The fourth-order valence-corrected chi connectivity index (χ4v) is 4.84. The first kappa shape index (κ1) is 19.8. The van der Waals surface area contributed by atoms with E-state index in [2.05, 4.69) is 60.1 Å². The van der Waals surface area contributed by atoms with Crippen LogP contribution < -0.4 is 4.74 Å². The van der Waals surface area contributed by atoms with Crippen LogP contribution in [0.5, 0.6) is 5.88 Å². The van der Waals surface area contributed by atoms with Gasteiger partial charge in [-0.05, 0) is 30.0 Å². The van der Waals surface area contributed by atoms with Gasteiger partial charge in [0.15, 0.2) is 11.4 Å². The number of hydrogen-bond donors (Lipinski definition) is 0. The average molecular weight is 438 g/mol. The average Bonchev–Trinajstić information content (AvgIpc) is 3.23. The van der Waals surface area contributed by atoms with Gasteiger partial charge in [0, 0.05) is 30.5 Å². The lowest BCUT2D eigenvalue weighted by Gasteiger charge is -2.37. The number of allylic oxidation sites excluding steroid dienone is 2. The van der Waals surface area contributed by atoms with Crippen LogP contribution in [0, 0.1) is 12.3 Å². The number of nitrogens with zero attached hydrogens (tertiary/aromatic N) is 5. The molecule has 4 heterocycles. The van der Waals surface area contributed by atoms with Crippen LogP contribution in [0.4, 0.5) is 0 Å². The first-order chi connectivity index (χ1) is 15.9. The summed E-state index contributed by atoms with van der Waals surface area (Å²) in [6.45, 7) is 6.25. The van der Waals surface area contributed by atoms with Gasteiger partial charge in [-0.3, -0.25) is 9.78 Å². The number of aromatic nitrogens is 5. The minimum Gasteiger partial charge on any atom is -0.442 e. The number of ether oxygens (including phenoxy) is 1. The quantitative estimate of drug-likeness (QED) is 0.454. The van der Waals surface area contributed by atoms with Crippen molar-refractivity contribution in [2.75, 3.05) is 0 Å². The van der Waals surface area contributed by atoms with Gasteiger partial charge in [-0.15, -0.1) is 5.10 Å². The van der Waals surface area contributed by atoms with Crippen LogP contribution in [0.3, 0.4) is 0 Å². The predicted octanol–water partition coefficient (Wildman–Crippen LogP) is 4.66. The van der Waals surface area contributed by atoms with Gasteiger partial charge in [-0.25, -0.2) is 14.5 Å². The minimum atomic E-state index is -0.315. The topological polar surface area (TPSA) is 82.3 Å². The molecule has 1 aliphatic carbocycles. The largest absolute Gasteiger partial charge is 0.442 e. The van der Waals surface area contributed by atoms with E-state index in [1.807, 2.05) is 18.2 Å². The summed E-state index contributed by atoms with van der Waals surface area (Å²) in [7, 11) is 0. The molecule has 4 aromatic rings. The van der Waals surface area contributed by atoms with Crippen molar-refractivity contribution in [1.29, 1.82) is 0 Å². The molecule has 1 unspecified atom stereocenters. The van der Waals surface area contributed by atoms with Crippen molar-refractivity contribution in [1.82, 2.24) is 24.6 Å². The molecule has 164 valence electrons. The van der Waals surface area contributed by atoms with Gasteiger partial charge in [-0.1, -0.05) is 49.7 Å². The zero-order valence-electron chi connectivity index (χ0n) is 18.7. The molecule has 0 fully saturated rings. The summed E-state index contributed by atoms with van der Waals surface area (Å²) in [6, 6.07) is 13.9. The molecule has 0 saturated carbocycles. The summed E-state index contributed by atoms with van der Waals surface area (Å²) in [5.74, 6) is 1.51. The van der Waals surface area contributed by atoms with Crippen LogP contribution in [-0.4, -0.2) is 30.3 Å². The molecule has 0 radical (unpaired) electrons. The van der Waals surface area contributed by atoms with E-state index in [0.29, 0.717) is 41.5 Å². The van der Waals surface area contributed by atoms with Crippen LogP contribution in [0.2, 0.25) is 0 Å². The van der Waals surface area contributed by atoms with E-state index in [1.54, 1.807) is 17.0 Å². The van der Waals surface area contributed by atoms with Crippen LogP contribution in [-0.2, 0) is 4.79 Å². The standard InChI is InChI=1S/C26H23N5O2/c1-15-7-9-16(10-8-15)20-21-18(32)12-26(2,3)13-19(21)33-25-22(20)24-29-23(30-31(24)14-28-25)17-6-4-5-11-27-17/h4-11,14,20H,12-13H2,1-3H3. The number of pyridine rings is 1. The Kier molecular flexibility index (Phi) is 4.24. The van der Waals surface area contributed by atoms with Crippen molar-refractivity contribution in [3.05, 3.63) is 83.0 Å². The maximum atomic E-state index is 13.5. The third-order valence-corrected chi connectivity index (χ3v) is 6.37. The third kappa shape index (κ3) is 3.23. The highest BCUT2D eigenvalue weighted by atomic mass is 16.5. The maximum Gasteiger partial charge on any atom is 0.228 e. The summed E-state index contributed by atoms with van der Waals surface area (Å²) in [4.78, 5) is 27.2. The van der Waals surface area contributed by atoms with E-state index < -0.39 is 0 Å². The molecule has 33 heavy (non-hydrogen) atoms. The lowest BCUT2D eigenvalue weighted by Crippen LogP contribution is -2.33. The summed E-state index contributed by atoms with van der Waals surface area (Å²) >= 11 is 0. The van der Waals surface area contributed by atoms with Crippen LogP contribution >= 0.6 is 0 Å². The monoisotopic (exact) mass is 437 g/mol. The fraction of sp³-hybridized carbons (Fsp3) is 0.269. The molecular weight excluding hydrogens is 414 g/mol. The van der Waals surface area contributed by atoms with Crippen molar-refractivity contribution >= 4 is 11.4 Å². The number of aryl methyl sites for hydroxylation is 1. The highest BCUT2D eigenvalue weighted by Crippen LogP contribution is 2.50. The van der Waals surface area contributed by atoms with Crippen molar-refractivity contribution < 1.29 is 9.53 Å². The number of carbonyl (C=O) groups excluding carboxylic acids is 1. The molecule has 7 heteroatoms. The normalized spacial score (nSPS) is 19.2. The first-order valence-electron chi connectivity index (χ1n) is 11.1. The number of ketones is 1. The summed E-state index contributed by atoms with van der Waals surface area (Å²) in [6.07, 6.45) is 4.50. The van der Waals surface area contributed by atoms with Gasteiger partial charge in [0.05, 0.1) is 5.56 Å². The molecule has 7 nitrogen and oxygen atoms in total. The Morgan fingerprint density at radius 3 is 2.64 bits per heavy atom. The van der Waals surface area contributed by atoms with Gasteiger partial charge in [0.1, 0.15) is 17.8 Å². The van der Waals surface area contributed by atoms with Crippen LogP contribution in [0.25, 0.3) is 17.2 Å². The van der Waals surface area contributed by atoms with E-state index in [4.69, 9.17) is 9.72 Å². The lowest BCUT2D eigenvalue weighted by molar-refractivity contribution is -0.118. The second kappa shape index (κ2) is 7.07. The highest BCUT2D eigenvalue weighted by molar-refractivity contribution is 6.00. The van der Waals surface area contributed by atoms with E-state index in [-0.39, 0.29) is 17.1 Å². The molecule has 0 N–H and O–H groups in total. The minimum absolute atomic E-state index is 0.115. The maximum absolute atomic E-state index is 13.5. The molecule has 0 spiro atoms. The van der Waals surface area contributed by atoms with Crippen LogP contribution in [0.1, 0.15) is 49.3 Å². The summed E-state index contributed by atoms with van der Waals surface area (Å²) in [5, 5.41) is 4.60. The van der Waals surface area contributed by atoms with E-state index in [0.717, 1.165) is 22.4 Å². The molecule has 0 saturated heterocycles. The number of rotatable bonds is 2. The van der Waals surface area contributed by atoms with Crippen molar-refractivity contribution in [2.24, 2.45) is 5.41 Å². The second-order valence-electron chi connectivity index (χ2n) is 9.61. The second-order valence-corrected chi connectivity index (χ2v) is 9.61. The van der Waals surface area contributed by atoms with E-state index >= 15 is 0 Å². The number of benzene rings is 1. The lowest BCUT2D eigenvalue weighted by atomic mass is 9.70.